The number of aliphatic carboxylic acids is 1. The summed E-state index contributed by atoms with van der Waals surface area (Å²) in [4.78, 5) is 30.1. The van der Waals surface area contributed by atoms with Gasteiger partial charge >= 0.3 is 12.1 Å². The van der Waals surface area contributed by atoms with Gasteiger partial charge < -0.3 is 14.7 Å². The highest BCUT2D eigenvalue weighted by atomic mass is 19.4. The lowest BCUT2D eigenvalue weighted by Crippen LogP contribution is -2.40. The van der Waals surface area contributed by atoms with Crippen LogP contribution >= 0.6 is 0 Å². The van der Waals surface area contributed by atoms with E-state index in [1.54, 1.807) is 29.2 Å². The lowest BCUT2D eigenvalue weighted by atomic mass is 9.92. The highest BCUT2D eigenvalue weighted by Gasteiger charge is 2.34. The van der Waals surface area contributed by atoms with E-state index in [4.69, 9.17) is 4.74 Å². The van der Waals surface area contributed by atoms with E-state index < -0.39 is 23.6 Å². The van der Waals surface area contributed by atoms with Gasteiger partial charge in [-0.2, -0.15) is 13.2 Å². The number of nitrogens with zero attached hydrogens (tertiary/aromatic N) is 2. The normalized spacial score (nSPS) is 13.9. The van der Waals surface area contributed by atoms with Crippen molar-refractivity contribution in [3.8, 4) is 16.9 Å². The first-order chi connectivity index (χ1) is 22.2. The summed E-state index contributed by atoms with van der Waals surface area (Å²) in [6, 6.07) is 28.2. The van der Waals surface area contributed by atoms with Crippen LogP contribution in [0, 0.1) is 5.92 Å². The van der Waals surface area contributed by atoms with Gasteiger partial charge in [0, 0.05) is 30.2 Å². The van der Waals surface area contributed by atoms with Crippen molar-refractivity contribution in [3.63, 3.8) is 0 Å². The van der Waals surface area contributed by atoms with E-state index in [2.05, 4.69) is 4.98 Å². The van der Waals surface area contributed by atoms with E-state index >= 15 is 0 Å². The summed E-state index contributed by atoms with van der Waals surface area (Å²) in [5, 5.41) is 9.62. The SMILES string of the molecule is O=C(O)C1CCN(C(=O)c2ccc(COc3cccc(-c4c(Cc5ccccc5)cnc5c(C(F)(F)F)cccc45)c3)cc2)CC1. The molecule has 0 aliphatic carbocycles. The molecule has 1 aliphatic heterocycles. The number of rotatable bonds is 8. The third kappa shape index (κ3) is 6.73. The first-order valence-electron chi connectivity index (χ1n) is 15.0. The van der Waals surface area contributed by atoms with E-state index in [9.17, 15) is 27.9 Å². The number of carboxylic acid groups (broad SMARTS) is 1. The average Bonchev–Trinajstić information content (AvgIpc) is 3.07. The van der Waals surface area contributed by atoms with Crippen molar-refractivity contribution < 1.29 is 32.6 Å². The molecule has 1 saturated heterocycles. The molecular formula is C37H31F3N2O4. The number of halogens is 3. The van der Waals surface area contributed by atoms with Crippen molar-refractivity contribution in [1.29, 1.82) is 0 Å². The average molecular weight is 625 g/mol. The number of ether oxygens (including phenoxy) is 1. The molecule has 0 bridgehead atoms. The predicted molar refractivity (Wildman–Crippen MR) is 168 cm³/mol. The second kappa shape index (κ2) is 13.0. The molecule has 0 spiro atoms. The van der Waals surface area contributed by atoms with Crippen LogP contribution in [0.25, 0.3) is 22.0 Å². The van der Waals surface area contributed by atoms with E-state index in [0.717, 1.165) is 22.8 Å². The first kappa shape index (κ1) is 30.8. The lowest BCUT2D eigenvalue weighted by molar-refractivity contribution is -0.143. The summed E-state index contributed by atoms with van der Waals surface area (Å²) in [5.41, 5.74) is 3.65. The number of amides is 1. The first-order valence-corrected chi connectivity index (χ1v) is 15.0. The molecule has 6 rings (SSSR count). The number of fused-ring (bicyclic) bond motifs is 1. The molecule has 1 aliphatic rings. The van der Waals surface area contributed by atoms with Crippen molar-refractivity contribution in [1.82, 2.24) is 9.88 Å². The second-order valence-corrected chi connectivity index (χ2v) is 11.4. The molecule has 1 N–H and O–H groups in total. The van der Waals surface area contributed by atoms with Gasteiger partial charge in [0.25, 0.3) is 5.91 Å². The Balaban J connectivity index is 1.23. The second-order valence-electron chi connectivity index (χ2n) is 11.4. The maximum atomic E-state index is 13.9. The smallest absolute Gasteiger partial charge is 0.418 e. The van der Waals surface area contributed by atoms with Gasteiger partial charge in [-0.3, -0.25) is 14.6 Å². The fourth-order valence-corrected chi connectivity index (χ4v) is 5.95. The number of pyridine rings is 1. The Morgan fingerprint density at radius 3 is 2.28 bits per heavy atom. The van der Waals surface area contributed by atoms with Crippen LogP contribution in [0.2, 0.25) is 0 Å². The topological polar surface area (TPSA) is 79.7 Å². The number of carboxylic acids is 1. The summed E-state index contributed by atoms with van der Waals surface area (Å²) in [7, 11) is 0. The van der Waals surface area contributed by atoms with Gasteiger partial charge in [0.2, 0.25) is 0 Å². The third-order valence-corrected chi connectivity index (χ3v) is 8.38. The van der Waals surface area contributed by atoms with Crippen LogP contribution in [0.15, 0.2) is 103 Å². The Labute approximate surface area is 264 Å². The zero-order valence-corrected chi connectivity index (χ0v) is 24.8. The van der Waals surface area contributed by atoms with Gasteiger partial charge in [0.1, 0.15) is 12.4 Å². The van der Waals surface area contributed by atoms with E-state index in [1.165, 1.54) is 12.3 Å². The van der Waals surface area contributed by atoms with Crippen LogP contribution in [0.1, 0.15) is 45.5 Å². The molecule has 9 heteroatoms. The summed E-state index contributed by atoms with van der Waals surface area (Å²) in [6.07, 6.45) is -1.64. The van der Waals surface area contributed by atoms with Gasteiger partial charge in [0.05, 0.1) is 17.0 Å². The van der Waals surface area contributed by atoms with Gasteiger partial charge in [-0.05, 0) is 77.4 Å². The highest BCUT2D eigenvalue weighted by Crippen LogP contribution is 2.39. The molecule has 1 aromatic heterocycles. The number of carbonyl (C=O) groups is 2. The number of carbonyl (C=O) groups excluding carboxylic acids is 1. The maximum Gasteiger partial charge on any atom is 0.418 e. The van der Waals surface area contributed by atoms with E-state index in [0.29, 0.717) is 60.2 Å². The number of alkyl halides is 3. The quantitative estimate of drug-likeness (QED) is 0.189. The minimum atomic E-state index is -4.55. The van der Waals surface area contributed by atoms with Crippen molar-refractivity contribution in [3.05, 3.63) is 131 Å². The molecule has 5 aromatic rings. The number of hydrogen-bond acceptors (Lipinski definition) is 4. The molecule has 0 atom stereocenters. The fourth-order valence-electron chi connectivity index (χ4n) is 5.95. The molecule has 4 aromatic carbocycles. The van der Waals surface area contributed by atoms with Crippen molar-refractivity contribution in [2.45, 2.75) is 32.0 Å². The molecule has 2 heterocycles. The van der Waals surface area contributed by atoms with Crippen LogP contribution < -0.4 is 4.74 Å². The number of benzene rings is 4. The Morgan fingerprint density at radius 1 is 0.870 bits per heavy atom. The minimum Gasteiger partial charge on any atom is -0.489 e. The van der Waals surface area contributed by atoms with Gasteiger partial charge in [-0.15, -0.1) is 0 Å². The fraction of sp³-hybridized carbons (Fsp3) is 0.216. The van der Waals surface area contributed by atoms with Crippen molar-refractivity contribution in [2.75, 3.05) is 13.1 Å². The standard InChI is InChI=1S/C37H31F3N2O4/c38-37(39,40)32-11-5-10-31-33(29(22-41-34(31)32)20-24-6-2-1-3-7-24)28-8-4-9-30(21-28)46-23-25-12-14-26(15-13-25)35(43)42-18-16-27(17-19-42)36(44)45/h1-15,21-22,27H,16-20,23H2,(H,44,45). The number of hydrogen-bond donors (Lipinski definition) is 1. The minimum absolute atomic E-state index is 0.103. The summed E-state index contributed by atoms with van der Waals surface area (Å²) >= 11 is 0. The molecule has 1 amide bonds. The Kier molecular flexibility index (Phi) is 8.74. The van der Waals surface area contributed by atoms with Gasteiger partial charge in [-0.1, -0.05) is 66.7 Å². The number of para-hydroxylation sites is 1. The molecule has 6 nitrogen and oxygen atoms in total. The summed E-state index contributed by atoms with van der Waals surface area (Å²) < 4.78 is 47.9. The Hall–Kier alpha value is -5.18. The summed E-state index contributed by atoms with van der Waals surface area (Å²) in [6.45, 7) is 1.04. The van der Waals surface area contributed by atoms with Crippen LogP contribution in [-0.2, 0) is 24.0 Å². The third-order valence-electron chi connectivity index (χ3n) is 8.38. The molecule has 0 saturated carbocycles. The number of piperidine rings is 1. The van der Waals surface area contributed by atoms with Crippen molar-refractivity contribution >= 4 is 22.8 Å². The zero-order valence-electron chi connectivity index (χ0n) is 24.8. The Morgan fingerprint density at radius 2 is 1.59 bits per heavy atom. The monoisotopic (exact) mass is 624 g/mol. The molecule has 46 heavy (non-hydrogen) atoms. The molecule has 1 fully saturated rings. The Bertz CT molecular complexity index is 1870. The molecule has 0 radical (unpaired) electrons. The highest BCUT2D eigenvalue weighted by molar-refractivity contribution is 5.98. The number of likely N-dealkylation sites (tertiary alicyclic amines) is 1. The van der Waals surface area contributed by atoms with Gasteiger partial charge in [-0.25, -0.2) is 0 Å². The van der Waals surface area contributed by atoms with E-state index in [1.807, 2.05) is 60.7 Å². The zero-order chi connectivity index (χ0) is 32.3. The maximum absolute atomic E-state index is 13.9. The molecule has 234 valence electrons. The number of aromatic nitrogens is 1. The van der Waals surface area contributed by atoms with Gasteiger partial charge in [0.15, 0.2) is 0 Å². The van der Waals surface area contributed by atoms with Crippen molar-refractivity contribution in [2.24, 2.45) is 5.92 Å². The van der Waals surface area contributed by atoms with Crippen LogP contribution in [0.3, 0.4) is 0 Å². The summed E-state index contributed by atoms with van der Waals surface area (Å²) in [5.74, 6) is -0.818. The van der Waals surface area contributed by atoms with Crippen LogP contribution in [0.4, 0.5) is 13.2 Å². The van der Waals surface area contributed by atoms with Crippen LogP contribution in [0.5, 0.6) is 5.75 Å². The van der Waals surface area contributed by atoms with Crippen LogP contribution in [-0.4, -0.2) is 40.0 Å². The largest absolute Gasteiger partial charge is 0.489 e. The molecule has 0 unspecified atom stereocenters. The predicted octanol–water partition coefficient (Wildman–Crippen LogP) is 8.03. The lowest BCUT2D eigenvalue weighted by Gasteiger charge is -2.30. The van der Waals surface area contributed by atoms with E-state index in [-0.39, 0.29) is 18.0 Å². The molecular weight excluding hydrogens is 593 g/mol.